The minimum absolute atomic E-state index is 0.191. The Morgan fingerprint density at radius 2 is 2.21 bits per heavy atom. The Kier molecular flexibility index (Phi) is 6.34. The number of rotatable bonds is 7. The monoisotopic (exact) mass is 337 g/mol. The average Bonchev–Trinajstić information content (AvgIpc) is 2.89. The van der Waals surface area contributed by atoms with Crippen LogP contribution in [0, 0.1) is 19.3 Å². The van der Waals surface area contributed by atoms with Gasteiger partial charge in [0.05, 0.1) is 13.2 Å². The van der Waals surface area contributed by atoms with Crippen LogP contribution in [-0.4, -0.2) is 55.3 Å². The van der Waals surface area contributed by atoms with Crippen molar-refractivity contribution in [2.45, 2.75) is 37.9 Å². The molecule has 0 aromatic carbocycles. The highest BCUT2D eigenvalue weighted by molar-refractivity contribution is 5.35. The fourth-order valence-corrected chi connectivity index (χ4v) is 2.71. The summed E-state index contributed by atoms with van der Waals surface area (Å²) < 4.78 is 23.9. The fourth-order valence-electron chi connectivity index (χ4n) is 2.71. The Hall–Kier alpha value is -1.92. The lowest BCUT2D eigenvalue weighted by molar-refractivity contribution is -0.0760. The predicted molar refractivity (Wildman–Crippen MR) is 87.4 cm³/mol. The molecule has 1 aliphatic heterocycles. The lowest BCUT2D eigenvalue weighted by Gasteiger charge is -2.24. The van der Waals surface area contributed by atoms with Crippen molar-refractivity contribution in [2.75, 3.05) is 33.2 Å². The van der Waals surface area contributed by atoms with Gasteiger partial charge < -0.3 is 24.7 Å². The van der Waals surface area contributed by atoms with Gasteiger partial charge in [-0.3, -0.25) is 4.57 Å². The number of terminal acetylenes is 1. The van der Waals surface area contributed by atoms with Gasteiger partial charge in [0.1, 0.15) is 24.1 Å². The van der Waals surface area contributed by atoms with E-state index >= 15 is 0 Å². The van der Waals surface area contributed by atoms with Crippen LogP contribution in [0.5, 0.6) is 0 Å². The zero-order valence-electron chi connectivity index (χ0n) is 14.1. The maximum Gasteiger partial charge on any atom is 0.351 e. The van der Waals surface area contributed by atoms with E-state index in [2.05, 4.69) is 10.9 Å². The third-order valence-corrected chi connectivity index (χ3v) is 3.89. The quantitative estimate of drug-likeness (QED) is 0.557. The molecule has 1 fully saturated rings. The second kappa shape index (κ2) is 8.26. The molecule has 4 atom stereocenters. The van der Waals surface area contributed by atoms with Crippen molar-refractivity contribution in [1.29, 1.82) is 0 Å². The molecule has 1 aromatic rings. The van der Waals surface area contributed by atoms with E-state index in [4.69, 9.17) is 31.1 Å². The first-order chi connectivity index (χ1) is 11.5. The van der Waals surface area contributed by atoms with Gasteiger partial charge in [-0.05, 0) is 6.92 Å². The van der Waals surface area contributed by atoms with Crippen LogP contribution in [-0.2, 0) is 18.9 Å². The lowest BCUT2D eigenvalue weighted by Crippen LogP contribution is -2.39. The molecule has 0 saturated carbocycles. The number of hydrogen-bond donors (Lipinski definition) is 1. The van der Waals surface area contributed by atoms with Crippen LogP contribution in [0.2, 0.25) is 0 Å². The molecular formula is C16H23N3O5. The van der Waals surface area contributed by atoms with Gasteiger partial charge >= 0.3 is 5.69 Å². The number of nitrogen functional groups attached to an aromatic ring is 1. The van der Waals surface area contributed by atoms with Crippen LogP contribution in [0.3, 0.4) is 0 Å². The van der Waals surface area contributed by atoms with Crippen LogP contribution in [0.4, 0.5) is 5.82 Å². The number of nitrogens with zero attached hydrogens (tertiary/aromatic N) is 2. The number of aromatic nitrogens is 2. The minimum Gasteiger partial charge on any atom is -0.383 e. The number of methoxy groups -OCH3 is 2. The number of hydrogen-bond acceptors (Lipinski definition) is 7. The molecule has 2 rings (SSSR count). The van der Waals surface area contributed by atoms with Crippen molar-refractivity contribution in [3.8, 4) is 12.3 Å². The van der Waals surface area contributed by atoms with E-state index in [1.54, 1.807) is 27.3 Å². The molecule has 2 N–H and O–H groups in total. The normalized spacial score (nSPS) is 26.4. The van der Waals surface area contributed by atoms with Gasteiger partial charge in [-0.15, -0.1) is 12.3 Å². The smallest absolute Gasteiger partial charge is 0.351 e. The molecule has 8 nitrogen and oxygen atoms in total. The van der Waals surface area contributed by atoms with Gasteiger partial charge in [-0.25, -0.2) is 4.79 Å². The summed E-state index contributed by atoms with van der Waals surface area (Å²) in [5.74, 6) is 2.71. The average molecular weight is 337 g/mol. The van der Waals surface area contributed by atoms with E-state index in [1.807, 2.05) is 0 Å². The van der Waals surface area contributed by atoms with E-state index < -0.39 is 24.1 Å². The van der Waals surface area contributed by atoms with Crippen molar-refractivity contribution < 1.29 is 18.9 Å². The summed E-state index contributed by atoms with van der Waals surface area (Å²) in [5, 5.41) is 0. The highest BCUT2D eigenvalue weighted by Gasteiger charge is 2.47. The molecule has 1 aliphatic rings. The van der Waals surface area contributed by atoms with Crippen molar-refractivity contribution in [2.24, 2.45) is 0 Å². The van der Waals surface area contributed by atoms with E-state index in [0.29, 0.717) is 25.2 Å². The number of nitrogens with two attached hydrogens (primary N) is 1. The first kappa shape index (κ1) is 18.4. The number of aryl methyl sites for hydroxylation is 1. The third-order valence-electron chi connectivity index (χ3n) is 3.89. The van der Waals surface area contributed by atoms with Crippen molar-refractivity contribution in [1.82, 2.24) is 9.55 Å². The highest BCUT2D eigenvalue weighted by Crippen LogP contribution is 2.33. The SMILES string of the molecule is C#CCCOC1C(OC)[C@@H](COC)O[C@H]1n1cc(C)c(N)nc1=O. The van der Waals surface area contributed by atoms with Crippen LogP contribution < -0.4 is 11.4 Å². The molecular weight excluding hydrogens is 314 g/mol. The zero-order chi connectivity index (χ0) is 17.7. The van der Waals surface area contributed by atoms with E-state index in [9.17, 15) is 4.79 Å². The molecule has 2 heterocycles. The molecule has 24 heavy (non-hydrogen) atoms. The maximum absolute atomic E-state index is 12.2. The molecule has 0 bridgehead atoms. The summed E-state index contributed by atoms with van der Waals surface area (Å²) in [7, 11) is 3.13. The molecule has 1 saturated heterocycles. The predicted octanol–water partition coefficient (Wildman–Crippen LogP) is 0.101. The summed E-state index contributed by atoms with van der Waals surface area (Å²) in [6.07, 6.45) is 5.31. The zero-order valence-corrected chi connectivity index (χ0v) is 14.1. The lowest BCUT2D eigenvalue weighted by atomic mass is 10.1. The Labute approximate surface area is 140 Å². The molecule has 0 amide bonds. The minimum atomic E-state index is -0.702. The molecule has 8 heteroatoms. The van der Waals surface area contributed by atoms with Crippen molar-refractivity contribution >= 4 is 5.82 Å². The second-order valence-electron chi connectivity index (χ2n) is 5.51. The Morgan fingerprint density at radius 1 is 1.46 bits per heavy atom. The summed E-state index contributed by atoms with van der Waals surface area (Å²) in [4.78, 5) is 16.1. The van der Waals surface area contributed by atoms with Crippen LogP contribution in [0.25, 0.3) is 0 Å². The Bertz CT molecular complexity index is 654. The number of anilines is 1. The molecule has 2 unspecified atom stereocenters. The van der Waals surface area contributed by atoms with Crippen LogP contribution >= 0.6 is 0 Å². The van der Waals surface area contributed by atoms with Crippen LogP contribution in [0.1, 0.15) is 18.2 Å². The third kappa shape index (κ3) is 3.76. The van der Waals surface area contributed by atoms with Crippen molar-refractivity contribution in [3.63, 3.8) is 0 Å². The second-order valence-corrected chi connectivity index (χ2v) is 5.51. The van der Waals surface area contributed by atoms with Gasteiger partial charge in [0.2, 0.25) is 0 Å². The van der Waals surface area contributed by atoms with Gasteiger partial charge in [0.25, 0.3) is 0 Å². The standard InChI is InChI=1S/C16H23N3O5/c1-5-6-7-23-13-12(22-4)11(9-21-3)24-15(13)19-8-10(2)14(17)18-16(19)20/h1,8,11-13,15H,6-7,9H2,2-4H3,(H2,17,18,20)/t11-,12?,13?,15-/m1/s1. The summed E-state index contributed by atoms with van der Waals surface area (Å²) in [6.45, 7) is 2.40. The first-order valence-corrected chi connectivity index (χ1v) is 7.61. The topological polar surface area (TPSA) is 97.8 Å². The first-order valence-electron chi connectivity index (χ1n) is 7.61. The molecule has 0 radical (unpaired) electrons. The molecule has 132 valence electrons. The number of ether oxygens (including phenoxy) is 4. The van der Waals surface area contributed by atoms with Crippen molar-refractivity contribution in [3.05, 3.63) is 22.2 Å². The Balaban J connectivity index is 2.35. The van der Waals surface area contributed by atoms with Gasteiger partial charge in [-0.2, -0.15) is 4.98 Å². The van der Waals surface area contributed by atoms with Gasteiger partial charge in [0.15, 0.2) is 6.23 Å². The van der Waals surface area contributed by atoms with E-state index in [1.165, 1.54) is 4.57 Å². The highest BCUT2D eigenvalue weighted by atomic mass is 16.6. The van der Waals surface area contributed by atoms with E-state index in [0.717, 1.165) is 0 Å². The Morgan fingerprint density at radius 3 is 2.83 bits per heavy atom. The summed E-state index contributed by atoms with van der Waals surface area (Å²) >= 11 is 0. The molecule has 0 spiro atoms. The maximum atomic E-state index is 12.2. The summed E-state index contributed by atoms with van der Waals surface area (Å²) in [5.41, 5.74) is 5.84. The largest absolute Gasteiger partial charge is 0.383 e. The summed E-state index contributed by atoms with van der Waals surface area (Å²) in [6, 6.07) is 0. The van der Waals surface area contributed by atoms with Crippen LogP contribution in [0.15, 0.2) is 11.0 Å². The fraction of sp³-hybridized carbons (Fsp3) is 0.625. The van der Waals surface area contributed by atoms with Gasteiger partial charge in [-0.1, -0.05) is 0 Å². The van der Waals surface area contributed by atoms with E-state index in [-0.39, 0.29) is 11.9 Å². The molecule has 1 aromatic heterocycles. The van der Waals surface area contributed by atoms with Gasteiger partial charge in [0, 0.05) is 32.4 Å². The molecule has 0 aliphatic carbocycles.